The van der Waals surface area contributed by atoms with E-state index in [-0.39, 0.29) is 6.04 Å². The van der Waals surface area contributed by atoms with Gasteiger partial charge in [0.15, 0.2) is 4.08 Å². The first kappa shape index (κ1) is 9.45. The van der Waals surface area contributed by atoms with E-state index in [9.17, 15) is 8.42 Å². The second-order valence-electron chi connectivity index (χ2n) is 3.98. The van der Waals surface area contributed by atoms with E-state index in [1.165, 1.54) is 0 Å². The molecule has 0 radical (unpaired) electrons. The highest BCUT2D eigenvalue weighted by atomic mass is 32.3. The van der Waals surface area contributed by atoms with Crippen LogP contribution in [0.15, 0.2) is 0 Å². The molecule has 0 aromatic rings. The molecule has 0 bridgehead atoms. The molecule has 3 aliphatic rings. The predicted molar refractivity (Wildman–Crippen MR) is 54.4 cm³/mol. The zero-order valence-electron chi connectivity index (χ0n) is 7.81. The van der Waals surface area contributed by atoms with E-state index < -0.39 is 25.7 Å². The van der Waals surface area contributed by atoms with Crippen LogP contribution in [0.4, 0.5) is 0 Å². The fraction of sp³-hybridized carbons (Fsp3) is 1.00. The number of nitrogens with zero attached hydrogens (tertiary/aromatic N) is 1. The Kier molecular flexibility index (Phi) is 2.09. The van der Waals surface area contributed by atoms with Gasteiger partial charge in [-0.1, -0.05) is 0 Å². The summed E-state index contributed by atoms with van der Waals surface area (Å²) in [5.74, 6) is 1.17. The fourth-order valence-electron chi connectivity index (χ4n) is 2.64. The molecule has 0 amide bonds. The van der Waals surface area contributed by atoms with Crippen molar-refractivity contribution in [1.29, 1.82) is 0 Å². The summed E-state index contributed by atoms with van der Waals surface area (Å²) in [7, 11) is -1.93. The van der Waals surface area contributed by atoms with Gasteiger partial charge in [-0.25, -0.2) is 0 Å². The molecule has 1 spiro atoms. The largest absolute Gasteiger partial charge is 0.296 e. The van der Waals surface area contributed by atoms with Crippen LogP contribution in [0, 0.1) is 0 Å². The zero-order chi connectivity index (χ0) is 9.76. The summed E-state index contributed by atoms with van der Waals surface area (Å²) in [4.78, 5) is 5.50. The van der Waals surface area contributed by atoms with E-state index in [2.05, 4.69) is 0 Å². The summed E-state index contributed by atoms with van der Waals surface area (Å²) in [6.45, 7) is 1.30. The molecule has 0 aromatic heterocycles. The first-order chi connectivity index (χ1) is 6.75. The van der Waals surface area contributed by atoms with E-state index in [4.69, 9.17) is 4.84 Å². The number of hydroxylamine groups is 2. The average Bonchev–Trinajstić information content (AvgIpc) is 2.78. The van der Waals surface area contributed by atoms with Crippen LogP contribution in [0.1, 0.15) is 12.8 Å². The van der Waals surface area contributed by atoms with Gasteiger partial charge in [-0.15, -0.1) is 0 Å². The van der Waals surface area contributed by atoms with Gasteiger partial charge in [-0.3, -0.25) is 13.3 Å². The Bertz CT molecular complexity index is 304. The maximum Gasteiger partial charge on any atom is 0.163 e. The highest BCUT2D eigenvalue weighted by Gasteiger charge is 2.61. The molecule has 0 aliphatic carbocycles. The van der Waals surface area contributed by atoms with Crippen molar-refractivity contribution in [2.75, 3.05) is 24.7 Å². The lowest BCUT2D eigenvalue weighted by molar-refractivity contribution is -0.113. The van der Waals surface area contributed by atoms with Crippen LogP contribution in [0.3, 0.4) is 0 Å². The first-order valence-electron chi connectivity index (χ1n) is 4.92. The average molecular weight is 235 g/mol. The van der Waals surface area contributed by atoms with Crippen LogP contribution in [0.5, 0.6) is 0 Å². The Morgan fingerprint density at radius 1 is 1.29 bits per heavy atom. The van der Waals surface area contributed by atoms with Gasteiger partial charge in [0.2, 0.25) is 0 Å². The quantitative estimate of drug-likeness (QED) is 0.573. The Morgan fingerprint density at radius 3 is 2.71 bits per heavy atom. The lowest BCUT2D eigenvalue weighted by atomic mass is 10.2. The van der Waals surface area contributed by atoms with Gasteiger partial charge < -0.3 is 0 Å². The zero-order valence-corrected chi connectivity index (χ0v) is 9.44. The second kappa shape index (κ2) is 3.10. The lowest BCUT2D eigenvalue weighted by Gasteiger charge is -2.24. The molecular formula is C8H13NO3S2. The summed E-state index contributed by atoms with van der Waals surface area (Å²) in [6.07, 6.45) is 2.05. The van der Waals surface area contributed by atoms with Gasteiger partial charge in [0.05, 0.1) is 12.6 Å². The molecular weight excluding hydrogens is 222 g/mol. The van der Waals surface area contributed by atoms with Crippen molar-refractivity contribution in [2.24, 2.45) is 0 Å². The molecule has 3 rings (SSSR count). The van der Waals surface area contributed by atoms with Crippen molar-refractivity contribution in [2.45, 2.75) is 23.0 Å². The van der Waals surface area contributed by atoms with E-state index in [0.717, 1.165) is 19.4 Å². The number of hydrogen-bond acceptors (Lipinski definition) is 4. The third-order valence-corrected chi connectivity index (χ3v) is 8.21. The van der Waals surface area contributed by atoms with Gasteiger partial charge in [-0.2, -0.15) is 5.06 Å². The minimum absolute atomic E-state index is 0.145. The van der Waals surface area contributed by atoms with E-state index in [1.54, 1.807) is 0 Å². The molecule has 80 valence electrons. The molecule has 0 saturated carbocycles. The SMILES string of the molecule is O=S1CCS(=O)C12CON1CCC[C@@H]12. The third kappa shape index (κ3) is 1.00. The van der Waals surface area contributed by atoms with Gasteiger partial charge in [0, 0.05) is 39.6 Å². The topological polar surface area (TPSA) is 46.6 Å². The van der Waals surface area contributed by atoms with Crippen LogP contribution in [0.25, 0.3) is 0 Å². The summed E-state index contributed by atoms with van der Waals surface area (Å²) in [5, 5.41) is 1.90. The van der Waals surface area contributed by atoms with E-state index in [1.807, 2.05) is 5.06 Å². The molecule has 3 aliphatic heterocycles. The van der Waals surface area contributed by atoms with Gasteiger partial charge >= 0.3 is 0 Å². The summed E-state index contributed by atoms with van der Waals surface area (Å²) in [6, 6.07) is 0.145. The van der Waals surface area contributed by atoms with Crippen molar-refractivity contribution >= 4 is 21.6 Å². The molecule has 3 heterocycles. The highest BCUT2D eigenvalue weighted by molar-refractivity contribution is 8.07. The Balaban J connectivity index is 2.02. The van der Waals surface area contributed by atoms with Crippen LogP contribution < -0.4 is 0 Å². The summed E-state index contributed by atoms with van der Waals surface area (Å²) in [5.41, 5.74) is 0. The Labute approximate surface area is 87.9 Å². The summed E-state index contributed by atoms with van der Waals surface area (Å²) < 4.78 is 23.4. The predicted octanol–water partition coefficient (Wildman–Crippen LogP) is -0.397. The lowest BCUT2D eigenvalue weighted by Crippen LogP contribution is -2.47. The second-order valence-corrected chi connectivity index (χ2v) is 7.90. The van der Waals surface area contributed by atoms with E-state index in [0.29, 0.717) is 18.1 Å². The van der Waals surface area contributed by atoms with Crippen molar-refractivity contribution in [1.82, 2.24) is 5.06 Å². The molecule has 3 atom stereocenters. The standard InChI is InChI=1S/C8H13NO3S2/c10-13-4-5-14(11)8(13)6-12-9-3-1-2-7(8)9/h7H,1-6H2/t7-,8?,13?,14?/m1/s1. The Hall–Kier alpha value is 0.220. The van der Waals surface area contributed by atoms with Gasteiger partial charge in [0.25, 0.3) is 0 Å². The van der Waals surface area contributed by atoms with Crippen molar-refractivity contribution in [3.05, 3.63) is 0 Å². The molecule has 3 saturated heterocycles. The molecule has 4 nitrogen and oxygen atoms in total. The van der Waals surface area contributed by atoms with Crippen molar-refractivity contribution in [3.8, 4) is 0 Å². The summed E-state index contributed by atoms with van der Waals surface area (Å²) >= 11 is 0. The molecule has 3 fully saturated rings. The minimum atomic E-state index is -0.964. The van der Waals surface area contributed by atoms with E-state index >= 15 is 0 Å². The van der Waals surface area contributed by atoms with Gasteiger partial charge in [-0.05, 0) is 12.8 Å². The molecule has 6 heteroatoms. The maximum absolute atomic E-state index is 12.0. The highest BCUT2D eigenvalue weighted by Crippen LogP contribution is 2.43. The molecule has 2 unspecified atom stereocenters. The van der Waals surface area contributed by atoms with Crippen molar-refractivity contribution in [3.63, 3.8) is 0 Å². The first-order valence-corrected chi connectivity index (χ1v) is 7.55. The van der Waals surface area contributed by atoms with Crippen LogP contribution in [-0.4, -0.2) is 48.3 Å². The number of fused-ring (bicyclic) bond motifs is 2. The maximum atomic E-state index is 12.0. The van der Waals surface area contributed by atoms with Crippen molar-refractivity contribution < 1.29 is 13.3 Å². The fourth-order valence-corrected chi connectivity index (χ4v) is 7.32. The monoisotopic (exact) mass is 235 g/mol. The normalized spacial score (nSPS) is 53.0. The van der Waals surface area contributed by atoms with Gasteiger partial charge in [0.1, 0.15) is 0 Å². The van der Waals surface area contributed by atoms with Crippen LogP contribution in [-0.2, 0) is 26.4 Å². The third-order valence-electron chi connectivity index (χ3n) is 3.37. The number of rotatable bonds is 0. The molecule has 0 aromatic carbocycles. The molecule has 14 heavy (non-hydrogen) atoms. The van der Waals surface area contributed by atoms with Crippen LogP contribution >= 0.6 is 0 Å². The molecule has 0 N–H and O–H groups in total. The number of hydrogen-bond donors (Lipinski definition) is 0. The minimum Gasteiger partial charge on any atom is -0.296 e. The smallest absolute Gasteiger partial charge is 0.163 e. The Morgan fingerprint density at radius 2 is 2.00 bits per heavy atom. The van der Waals surface area contributed by atoms with Crippen LogP contribution in [0.2, 0.25) is 0 Å².